The Bertz CT molecular complexity index is 785. The molecule has 1 aromatic carbocycles. The van der Waals surface area contributed by atoms with Gasteiger partial charge in [-0.05, 0) is 37.1 Å². The van der Waals surface area contributed by atoms with Gasteiger partial charge >= 0.3 is 0 Å². The third-order valence-corrected chi connectivity index (χ3v) is 5.18. The van der Waals surface area contributed by atoms with Crippen LogP contribution in [0, 0.1) is 11.7 Å². The summed E-state index contributed by atoms with van der Waals surface area (Å²) in [6.45, 7) is 0.500. The number of carbonyl (C=O) groups is 2. The minimum absolute atomic E-state index is 0.0701. The van der Waals surface area contributed by atoms with Crippen molar-refractivity contribution in [3.8, 4) is 11.3 Å². The topological polar surface area (TPSA) is 62.3 Å². The van der Waals surface area contributed by atoms with Crippen molar-refractivity contribution in [1.29, 1.82) is 0 Å². The minimum Gasteiger partial charge on any atom is -0.339 e. The van der Waals surface area contributed by atoms with Crippen LogP contribution < -0.4 is 5.32 Å². The predicted molar refractivity (Wildman–Crippen MR) is 89.0 cm³/mol. The number of thiazole rings is 1. The Kier molecular flexibility index (Phi) is 3.80. The quantitative estimate of drug-likeness (QED) is 0.927. The molecule has 1 aromatic heterocycles. The largest absolute Gasteiger partial charge is 0.339 e. The molecule has 5 nitrogen and oxygen atoms in total. The average molecular weight is 345 g/mol. The lowest BCUT2D eigenvalue weighted by Gasteiger charge is -2.15. The number of anilines is 1. The zero-order valence-electron chi connectivity index (χ0n) is 12.9. The lowest BCUT2D eigenvalue weighted by molar-refractivity contribution is -0.128. The highest BCUT2D eigenvalue weighted by Crippen LogP contribution is 2.34. The van der Waals surface area contributed by atoms with Crippen LogP contribution in [0.2, 0.25) is 0 Å². The summed E-state index contributed by atoms with van der Waals surface area (Å²) in [5.41, 5.74) is 3.01. The molecule has 2 fully saturated rings. The number of aromatic nitrogens is 1. The molecule has 1 aliphatic carbocycles. The monoisotopic (exact) mass is 345 g/mol. The van der Waals surface area contributed by atoms with Crippen LogP contribution in [0.15, 0.2) is 29.8 Å². The fourth-order valence-corrected chi connectivity index (χ4v) is 3.71. The van der Waals surface area contributed by atoms with E-state index in [9.17, 15) is 14.0 Å². The van der Waals surface area contributed by atoms with E-state index in [4.69, 9.17) is 0 Å². The molecule has 1 aliphatic heterocycles. The van der Waals surface area contributed by atoms with Gasteiger partial charge in [0.05, 0.1) is 11.4 Å². The molecular formula is C17H16FN3O2S. The zero-order valence-corrected chi connectivity index (χ0v) is 13.7. The van der Waals surface area contributed by atoms with Crippen LogP contribution >= 0.6 is 11.3 Å². The van der Waals surface area contributed by atoms with Gasteiger partial charge in [0.1, 0.15) is 16.5 Å². The van der Waals surface area contributed by atoms with Gasteiger partial charge in [-0.1, -0.05) is 0 Å². The van der Waals surface area contributed by atoms with Crippen molar-refractivity contribution in [2.45, 2.75) is 25.3 Å². The van der Waals surface area contributed by atoms with E-state index >= 15 is 0 Å². The first kappa shape index (κ1) is 15.3. The fourth-order valence-electron chi connectivity index (χ4n) is 3.01. The van der Waals surface area contributed by atoms with Crippen molar-refractivity contribution >= 4 is 28.2 Å². The minimum atomic E-state index is -0.318. The number of halogens is 1. The van der Waals surface area contributed by atoms with Crippen LogP contribution in [-0.2, 0) is 9.59 Å². The number of hydrogen-bond acceptors (Lipinski definition) is 4. The number of hydrogen-bond donors (Lipinski definition) is 1. The molecule has 2 amide bonds. The predicted octanol–water partition coefficient (Wildman–Crippen LogP) is 2.90. The normalized spacial score (nSPS) is 20.5. The van der Waals surface area contributed by atoms with Gasteiger partial charge in [-0.3, -0.25) is 9.59 Å². The van der Waals surface area contributed by atoms with Crippen LogP contribution in [-0.4, -0.2) is 34.3 Å². The SMILES string of the molecule is O=C(Nc1scnc1-c1ccc(F)cc1)[C@H]1CC(=O)N(C2CC2)C1. The molecule has 4 rings (SSSR count). The molecule has 24 heavy (non-hydrogen) atoms. The fraction of sp³-hybridized carbons (Fsp3) is 0.353. The van der Waals surface area contributed by atoms with Crippen molar-refractivity contribution in [2.75, 3.05) is 11.9 Å². The van der Waals surface area contributed by atoms with Crippen LogP contribution in [0.3, 0.4) is 0 Å². The van der Waals surface area contributed by atoms with Gasteiger partial charge < -0.3 is 10.2 Å². The third-order valence-electron chi connectivity index (χ3n) is 4.44. The second-order valence-corrected chi connectivity index (χ2v) is 7.06. The van der Waals surface area contributed by atoms with E-state index in [1.54, 1.807) is 17.6 Å². The van der Waals surface area contributed by atoms with Gasteiger partial charge in [0.15, 0.2) is 0 Å². The Morgan fingerprint density at radius 3 is 2.75 bits per heavy atom. The van der Waals surface area contributed by atoms with Gasteiger partial charge in [-0.25, -0.2) is 9.37 Å². The number of likely N-dealkylation sites (tertiary alicyclic amines) is 1. The van der Waals surface area contributed by atoms with Crippen molar-refractivity contribution < 1.29 is 14.0 Å². The van der Waals surface area contributed by atoms with Crippen molar-refractivity contribution in [2.24, 2.45) is 5.92 Å². The smallest absolute Gasteiger partial charge is 0.230 e. The van der Waals surface area contributed by atoms with Crippen LogP contribution in [0.5, 0.6) is 0 Å². The highest BCUT2D eigenvalue weighted by Gasteiger charge is 2.41. The van der Waals surface area contributed by atoms with Crippen LogP contribution in [0.25, 0.3) is 11.3 Å². The summed E-state index contributed by atoms with van der Waals surface area (Å²) in [5.74, 6) is -0.717. The van der Waals surface area contributed by atoms with E-state index in [0.29, 0.717) is 23.3 Å². The van der Waals surface area contributed by atoms with Gasteiger partial charge in [-0.15, -0.1) is 11.3 Å². The molecule has 0 spiro atoms. The number of amides is 2. The van der Waals surface area contributed by atoms with Gasteiger partial charge in [0, 0.05) is 24.6 Å². The molecule has 2 heterocycles. The highest BCUT2D eigenvalue weighted by molar-refractivity contribution is 7.14. The Morgan fingerprint density at radius 2 is 2.04 bits per heavy atom. The highest BCUT2D eigenvalue weighted by atomic mass is 32.1. The maximum Gasteiger partial charge on any atom is 0.230 e. The second kappa shape index (κ2) is 5.98. The standard InChI is InChI=1S/C17H16FN3O2S/c18-12-3-1-10(2-4-12)15-17(24-9-19-15)20-16(23)11-7-14(22)21(8-11)13-5-6-13/h1-4,9,11,13H,5-8H2,(H,20,23)/t11-/m0/s1. The zero-order chi connectivity index (χ0) is 16.7. The first-order valence-electron chi connectivity index (χ1n) is 7.91. The Labute approximate surface area is 142 Å². The average Bonchev–Trinajstić information content (AvgIpc) is 3.18. The Hall–Kier alpha value is -2.28. The van der Waals surface area contributed by atoms with E-state index in [1.807, 2.05) is 4.90 Å². The van der Waals surface area contributed by atoms with Crippen LogP contribution in [0.1, 0.15) is 19.3 Å². The molecule has 7 heteroatoms. The summed E-state index contributed by atoms with van der Waals surface area (Å²) in [6, 6.07) is 6.34. The lowest BCUT2D eigenvalue weighted by Crippen LogP contribution is -2.29. The molecule has 1 saturated heterocycles. The lowest BCUT2D eigenvalue weighted by atomic mass is 10.1. The Morgan fingerprint density at radius 1 is 1.29 bits per heavy atom. The Balaban J connectivity index is 1.48. The number of benzene rings is 1. The van der Waals surface area contributed by atoms with E-state index in [1.165, 1.54) is 23.5 Å². The molecule has 0 radical (unpaired) electrons. The van der Waals surface area contributed by atoms with Crippen molar-refractivity contribution in [3.63, 3.8) is 0 Å². The molecule has 1 atom stereocenters. The van der Waals surface area contributed by atoms with Gasteiger partial charge in [0.25, 0.3) is 0 Å². The maximum absolute atomic E-state index is 13.1. The van der Waals surface area contributed by atoms with E-state index in [0.717, 1.165) is 18.4 Å². The molecule has 0 bridgehead atoms. The second-order valence-electron chi connectivity index (χ2n) is 6.20. The molecule has 2 aromatic rings. The number of rotatable bonds is 4. The molecule has 0 unspecified atom stereocenters. The first-order valence-corrected chi connectivity index (χ1v) is 8.79. The van der Waals surface area contributed by atoms with Crippen molar-refractivity contribution in [3.05, 3.63) is 35.6 Å². The third kappa shape index (κ3) is 2.91. The van der Waals surface area contributed by atoms with E-state index < -0.39 is 0 Å². The molecule has 124 valence electrons. The maximum atomic E-state index is 13.1. The van der Waals surface area contributed by atoms with Crippen molar-refractivity contribution in [1.82, 2.24) is 9.88 Å². The van der Waals surface area contributed by atoms with E-state index in [-0.39, 0.29) is 30.0 Å². The number of carbonyl (C=O) groups excluding carboxylic acids is 2. The number of nitrogens with zero attached hydrogens (tertiary/aromatic N) is 2. The summed E-state index contributed by atoms with van der Waals surface area (Å²) >= 11 is 1.32. The molecule has 2 aliphatic rings. The summed E-state index contributed by atoms with van der Waals surface area (Å²) < 4.78 is 13.1. The molecular weight excluding hydrogens is 329 g/mol. The summed E-state index contributed by atoms with van der Waals surface area (Å²) in [4.78, 5) is 30.6. The molecule has 1 N–H and O–H groups in total. The van der Waals surface area contributed by atoms with Gasteiger partial charge in [0.2, 0.25) is 11.8 Å². The summed E-state index contributed by atoms with van der Waals surface area (Å²) in [5, 5.41) is 3.52. The van der Waals surface area contributed by atoms with Crippen LogP contribution in [0.4, 0.5) is 9.39 Å². The summed E-state index contributed by atoms with van der Waals surface area (Å²) in [7, 11) is 0. The van der Waals surface area contributed by atoms with E-state index in [2.05, 4.69) is 10.3 Å². The molecule has 1 saturated carbocycles. The first-order chi connectivity index (χ1) is 11.6. The summed E-state index contributed by atoms with van der Waals surface area (Å²) in [6.07, 6.45) is 2.36. The van der Waals surface area contributed by atoms with Gasteiger partial charge in [-0.2, -0.15) is 0 Å². The number of nitrogens with one attached hydrogen (secondary N) is 1.